The predicted octanol–water partition coefficient (Wildman–Crippen LogP) is 2.33. The van der Waals surface area contributed by atoms with E-state index in [0.29, 0.717) is 12.1 Å². The Morgan fingerprint density at radius 1 is 1.05 bits per heavy atom. The van der Waals surface area contributed by atoms with Crippen molar-refractivity contribution >= 4 is 15.7 Å². The zero-order chi connectivity index (χ0) is 14.6. The molecule has 0 aromatic heterocycles. The molecule has 0 heterocycles. The van der Waals surface area contributed by atoms with Gasteiger partial charge in [-0.05, 0) is 42.7 Å². The minimum atomic E-state index is -3.58. The lowest BCUT2D eigenvalue weighted by atomic mass is 10.2. The standard InChI is InChI=1S/C15H17NO3S/c1-12-4-2-3-5-15(12)16-20(18,19)14-8-6-13(7-9-14)10-11-17/h2-9,16-17H,10-11H2,1H3. The summed E-state index contributed by atoms with van der Waals surface area (Å²) in [6, 6.07) is 13.7. The lowest BCUT2D eigenvalue weighted by molar-refractivity contribution is 0.299. The third-order valence-electron chi connectivity index (χ3n) is 3.02. The van der Waals surface area contributed by atoms with E-state index >= 15 is 0 Å². The highest BCUT2D eigenvalue weighted by Crippen LogP contribution is 2.19. The van der Waals surface area contributed by atoms with Crippen molar-refractivity contribution in [3.8, 4) is 0 Å². The summed E-state index contributed by atoms with van der Waals surface area (Å²) >= 11 is 0. The van der Waals surface area contributed by atoms with Crippen molar-refractivity contribution in [3.63, 3.8) is 0 Å². The topological polar surface area (TPSA) is 66.4 Å². The van der Waals surface area contributed by atoms with Crippen molar-refractivity contribution < 1.29 is 13.5 Å². The molecule has 2 rings (SSSR count). The molecule has 2 aromatic rings. The first kappa shape index (κ1) is 14.6. The number of benzene rings is 2. The summed E-state index contributed by atoms with van der Waals surface area (Å²) in [7, 11) is -3.58. The van der Waals surface area contributed by atoms with E-state index in [-0.39, 0.29) is 11.5 Å². The molecular weight excluding hydrogens is 274 g/mol. The highest BCUT2D eigenvalue weighted by atomic mass is 32.2. The van der Waals surface area contributed by atoms with Gasteiger partial charge in [0.15, 0.2) is 0 Å². The van der Waals surface area contributed by atoms with E-state index in [1.807, 2.05) is 19.1 Å². The van der Waals surface area contributed by atoms with Crippen molar-refractivity contribution in [2.45, 2.75) is 18.2 Å². The van der Waals surface area contributed by atoms with E-state index in [9.17, 15) is 8.42 Å². The van der Waals surface area contributed by atoms with Gasteiger partial charge in [0.05, 0.1) is 10.6 Å². The number of hydrogen-bond acceptors (Lipinski definition) is 3. The Balaban J connectivity index is 2.24. The second kappa shape index (κ2) is 6.07. The molecule has 4 nitrogen and oxygen atoms in total. The van der Waals surface area contributed by atoms with Crippen molar-refractivity contribution in [1.29, 1.82) is 0 Å². The van der Waals surface area contributed by atoms with Gasteiger partial charge in [0.25, 0.3) is 10.0 Å². The van der Waals surface area contributed by atoms with E-state index < -0.39 is 10.0 Å². The molecule has 0 atom stereocenters. The summed E-state index contributed by atoms with van der Waals surface area (Å²) in [5, 5.41) is 8.84. The SMILES string of the molecule is Cc1ccccc1NS(=O)(=O)c1ccc(CCO)cc1. The molecule has 0 saturated carbocycles. The van der Waals surface area contributed by atoms with Crippen LogP contribution in [0.15, 0.2) is 53.4 Å². The average molecular weight is 291 g/mol. The second-order valence-corrected chi connectivity index (χ2v) is 6.22. The summed E-state index contributed by atoms with van der Waals surface area (Å²) in [4.78, 5) is 0.211. The number of sulfonamides is 1. The first-order chi connectivity index (χ1) is 9.53. The monoisotopic (exact) mass is 291 g/mol. The van der Waals surface area contributed by atoms with Crippen molar-refractivity contribution in [3.05, 3.63) is 59.7 Å². The Labute approximate surface area is 119 Å². The molecule has 2 aromatic carbocycles. The quantitative estimate of drug-likeness (QED) is 0.888. The van der Waals surface area contributed by atoms with Gasteiger partial charge in [0.1, 0.15) is 0 Å². The van der Waals surface area contributed by atoms with E-state index in [1.165, 1.54) is 0 Å². The van der Waals surface area contributed by atoms with Gasteiger partial charge in [-0.2, -0.15) is 0 Å². The zero-order valence-corrected chi connectivity index (χ0v) is 12.0. The molecule has 0 amide bonds. The third kappa shape index (κ3) is 3.37. The Bertz CT molecular complexity index is 679. The fourth-order valence-corrected chi connectivity index (χ4v) is 2.99. The lowest BCUT2D eigenvalue weighted by Crippen LogP contribution is -2.13. The summed E-state index contributed by atoms with van der Waals surface area (Å²) in [5.74, 6) is 0. The van der Waals surface area contributed by atoms with E-state index in [4.69, 9.17) is 5.11 Å². The minimum absolute atomic E-state index is 0.0492. The van der Waals surface area contributed by atoms with Crippen LogP contribution in [0.2, 0.25) is 0 Å². The van der Waals surface area contributed by atoms with Gasteiger partial charge < -0.3 is 5.11 Å². The number of aliphatic hydroxyl groups excluding tert-OH is 1. The predicted molar refractivity (Wildman–Crippen MR) is 79.2 cm³/mol. The zero-order valence-electron chi connectivity index (χ0n) is 11.2. The normalized spacial score (nSPS) is 11.3. The number of para-hydroxylation sites is 1. The van der Waals surface area contributed by atoms with Crippen LogP contribution in [0.1, 0.15) is 11.1 Å². The number of aryl methyl sites for hydroxylation is 1. The van der Waals surface area contributed by atoms with E-state index in [0.717, 1.165) is 11.1 Å². The van der Waals surface area contributed by atoms with Gasteiger partial charge in [0.2, 0.25) is 0 Å². The number of hydrogen-bond donors (Lipinski definition) is 2. The molecule has 0 saturated heterocycles. The summed E-state index contributed by atoms with van der Waals surface area (Å²) in [6.45, 7) is 1.90. The minimum Gasteiger partial charge on any atom is -0.396 e. The Hall–Kier alpha value is -1.85. The van der Waals surface area contributed by atoms with Crippen LogP contribution in [0.25, 0.3) is 0 Å². The number of rotatable bonds is 5. The number of anilines is 1. The van der Waals surface area contributed by atoms with Gasteiger partial charge in [-0.3, -0.25) is 4.72 Å². The highest BCUT2D eigenvalue weighted by molar-refractivity contribution is 7.92. The number of nitrogens with one attached hydrogen (secondary N) is 1. The van der Waals surface area contributed by atoms with E-state index in [1.54, 1.807) is 36.4 Å². The van der Waals surface area contributed by atoms with Crippen LogP contribution < -0.4 is 4.72 Å². The first-order valence-corrected chi connectivity index (χ1v) is 7.79. The van der Waals surface area contributed by atoms with Crippen LogP contribution in [0.3, 0.4) is 0 Å². The maximum Gasteiger partial charge on any atom is 0.261 e. The van der Waals surface area contributed by atoms with Crippen molar-refractivity contribution in [2.75, 3.05) is 11.3 Å². The van der Waals surface area contributed by atoms with Crippen LogP contribution in [0.5, 0.6) is 0 Å². The van der Waals surface area contributed by atoms with E-state index in [2.05, 4.69) is 4.72 Å². The fourth-order valence-electron chi connectivity index (χ4n) is 1.86. The van der Waals surface area contributed by atoms with Crippen LogP contribution in [-0.2, 0) is 16.4 Å². The van der Waals surface area contributed by atoms with Gasteiger partial charge in [0, 0.05) is 6.61 Å². The molecule has 2 N–H and O–H groups in total. The summed E-state index contributed by atoms with van der Waals surface area (Å²) in [6.07, 6.45) is 0.519. The third-order valence-corrected chi connectivity index (χ3v) is 4.40. The molecule has 0 radical (unpaired) electrons. The summed E-state index contributed by atoms with van der Waals surface area (Å²) in [5.41, 5.74) is 2.35. The Kier molecular flexibility index (Phi) is 4.42. The largest absolute Gasteiger partial charge is 0.396 e. The van der Waals surface area contributed by atoms with Gasteiger partial charge in [-0.15, -0.1) is 0 Å². The van der Waals surface area contributed by atoms with Crippen LogP contribution >= 0.6 is 0 Å². The van der Waals surface area contributed by atoms with Crippen molar-refractivity contribution in [1.82, 2.24) is 0 Å². The Morgan fingerprint density at radius 2 is 1.70 bits per heavy atom. The molecule has 106 valence electrons. The fraction of sp³-hybridized carbons (Fsp3) is 0.200. The molecule has 20 heavy (non-hydrogen) atoms. The number of aliphatic hydroxyl groups is 1. The molecule has 0 unspecified atom stereocenters. The summed E-state index contributed by atoms with van der Waals surface area (Å²) < 4.78 is 27.1. The molecule has 0 spiro atoms. The molecule has 0 aliphatic rings. The van der Waals surface area contributed by atoms with Crippen LogP contribution in [0, 0.1) is 6.92 Å². The molecular formula is C15H17NO3S. The van der Waals surface area contributed by atoms with Crippen molar-refractivity contribution in [2.24, 2.45) is 0 Å². The van der Waals surface area contributed by atoms with Crippen LogP contribution in [0.4, 0.5) is 5.69 Å². The Morgan fingerprint density at radius 3 is 2.30 bits per heavy atom. The maximum atomic E-state index is 12.3. The average Bonchev–Trinajstić information content (AvgIpc) is 2.42. The van der Waals surface area contributed by atoms with Gasteiger partial charge >= 0.3 is 0 Å². The first-order valence-electron chi connectivity index (χ1n) is 6.31. The van der Waals surface area contributed by atoms with Crippen LogP contribution in [-0.4, -0.2) is 20.1 Å². The smallest absolute Gasteiger partial charge is 0.261 e. The molecule has 5 heteroatoms. The lowest BCUT2D eigenvalue weighted by Gasteiger charge is -2.10. The van der Waals surface area contributed by atoms with Gasteiger partial charge in [-0.25, -0.2) is 8.42 Å². The highest BCUT2D eigenvalue weighted by Gasteiger charge is 2.14. The molecule has 0 aliphatic carbocycles. The molecule has 0 bridgehead atoms. The second-order valence-electron chi connectivity index (χ2n) is 4.54. The molecule has 0 fully saturated rings. The maximum absolute atomic E-state index is 12.3. The molecule has 0 aliphatic heterocycles. The van der Waals surface area contributed by atoms with Gasteiger partial charge in [-0.1, -0.05) is 30.3 Å².